The molecular formula is C15H24N2. The number of rotatable bonds is 3. The van der Waals surface area contributed by atoms with Gasteiger partial charge in [-0.1, -0.05) is 23.8 Å². The molecule has 1 N–H and O–H groups in total. The molecular weight excluding hydrogens is 208 g/mol. The van der Waals surface area contributed by atoms with Gasteiger partial charge in [0, 0.05) is 18.6 Å². The van der Waals surface area contributed by atoms with Gasteiger partial charge in [-0.25, -0.2) is 0 Å². The monoisotopic (exact) mass is 232 g/mol. The fourth-order valence-corrected chi connectivity index (χ4v) is 2.73. The molecule has 0 aromatic heterocycles. The number of nitrogens with one attached hydrogen (secondary N) is 1. The van der Waals surface area contributed by atoms with E-state index in [-0.39, 0.29) is 0 Å². The standard InChI is InChI=1S/C15H24N2/c1-11-5-6-12(2)15(9-11)13(3)17(4)14-7-8-16-10-14/h5-6,9,13-14,16H,7-8,10H2,1-4H3. The summed E-state index contributed by atoms with van der Waals surface area (Å²) in [6.07, 6.45) is 1.27. The molecule has 2 nitrogen and oxygen atoms in total. The molecule has 2 unspecified atom stereocenters. The Bertz CT molecular complexity index is 381. The number of nitrogens with zero attached hydrogens (tertiary/aromatic N) is 1. The van der Waals surface area contributed by atoms with Crippen LogP contribution in [0.2, 0.25) is 0 Å². The lowest BCUT2D eigenvalue weighted by molar-refractivity contribution is 0.196. The summed E-state index contributed by atoms with van der Waals surface area (Å²) in [5.41, 5.74) is 4.23. The molecule has 0 aliphatic carbocycles. The molecule has 2 rings (SSSR count). The van der Waals surface area contributed by atoms with Gasteiger partial charge in [-0.15, -0.1) is 0 Å². The van der Waals surface area contributed by atoms with Gasteiger partial charge in [0.1, 0.15) is 0 Å². The van der Waals surface area contributed by atoms with Crippen LogP contribution >= 0.6 is 0 Å². The first-order valence-corrected chi connectivity index (χ1v) is 6.59. The number of likely N-dealkylation sites (N-methyl/N-ethyl adjacent to an activating group) is 1. The van der Waals surface area contributed by atoms with Gasteiger partial charge < -0.3 is 5.32 Å². The third-order valence-corrected chi connectivity index (χ3v) is 4.11. The van der Waals surface area contributed by atoms with Crippen molar-refractivity contribution in [3.05, 3.63) is 34.9 Å². The lowest BCUT2D eigenvalue weighted by Gasteiger charge is -2.31. The molecule has 1 fully saturated rings. The fourth-order valence-electron chi connectivity index (χ4n) is 2.73. The molecule has 2 heteroatoms. The van der Waals surface area contributed by atoms with Crippen molar-refractivity contribution >= 4 is 0 Å². The van der Waals surface area contributed by atoms with Crippen LogP contribution in [0.25, 0.3) is 0 Å². The Labute approximate surface area is 105 Å². The second-order valence-corrected chi connectivity index (χ2v) is 5.35. The van der Waals surface area contributed by atoms with Crippen LogP contribution in [0.4, 0.5) is 0 Å². The van der Waals surface area contributed by atoms with Gasteiger partial charge in [0.2, 0.25) is 0 Å². The molecule has 0 bridgehead atoms. The van der Waals surface area contributed by atoms with Crippen molar-refractivity contribution in [2.24, 2.45) is 0 Å². The van der Waals surface area contributed by atoms with E-state index in [1.807, 2.05) is 0 Å². The summed E-state index contributed by atoms with van der Waals surface area (Å²) in [6, 6.07) is 7.95. The highest BCUT2D eigenvalue weighted by molar-refractivity contribution is 5.32. The summed E-state index contributed by atoms with van der Waals surface area (Å²) in [5.74, 6) is 0. The SMILES string of the molecule is Cc1ccc(C)c(C(C)N(C)C2CCNC2)c1. The van der Waals surface area contributed by atoms with Gasteiger partial charge in [-0.3, -0.25) is 4.90 Å². The molecule has 0 radical (unpaired) electrons. The minimum absolute atomic E-state index is 0.500. The average Bonchev–Trinajstić information content (AvgIpc) is 2.84. The summed E-state index contributed by atoms with van der Waals surface area (Å²) in [6.45, 7) is 9.00. The lowest BCUT2D eigenvalue weighted by Crippen LogP contribution is -2.35. The summed E-state index contributed by atoms with van der Waals surface area (Å²) in [5, 5.41) is 3.44. The van der Waals surface area contributed by atoms with Gasteiger partial charge in [0.15, 0.2) is 0 Å². The maximum Gasteiger partial charge on any atom is 0.0323 e. The molecule has 0 amide bonds. The van der Waals surface area contributed by atoms with Crippen molar-refractivity contribution in [3.8, 4) is 0 Å². The van der Waals surface area contributed by atoms with Crippen LogP contribution in [0, 0.1) is 13.8 Å². The molecule has 17 heavy (non-hydrogen) atoms. The van der Waals surface area contributed by atoms with Crippen molar-refractivity contribution in [2.45, 2.75) is 39.3 Å². The topological polar surface area (TPSA) is 15.3 Å². The minimum atomic E-state index is 0.500. The second-order valence-electron chi connectivity index (χ2n) is 5.35. The van der Waals surface area contributed by atoms with E-state index in [0.29, 0.717) is 12.1 Å². The van der Waals surface area contributed by atoms with Gasteiger partial charge in [0.05, 0.1) is 0 Å². The third kappa shape index (κ3) is 2.70. The van der Waals surface area contributed by atoms with E-state index >= 15 is 0 Å². The first-order chi connectivity index (χ1) is 8.09. The van der Waals surface area contributed by atoms with E-state index in [2.05, 4.69) is 56.2 Å². The normalized spacial score (nSPS) is 22.1. The van der Waals surface area contributed by atoms with E-state index in [1.54, 1.807) is 0 Å². The van der Waals surface area contributed by atoms with Crippen LogP contribution in [-0.4, -0.2) is 31.1 Å². The van der Waals surface area contributed by atoms with Crippen molar-refractivity contribution in [2.75, 3.05) is 20.1 Å². The Hall–Kier alpha value is -0.860. The minimum Gasteiger partial charge on any atom is -0.315 e. The number of hydrogen-bond acceptors (Lipinski definition) is 2. The largest absolute Gasteiger partial charge is 0.315 e. The Morgan fingerprint density at radius 2 is 2.12 bits per heavy atom. The van der Waals surface area contributed by atoms with Gasteiger partial charge in [0.25, 0.3) is 0 Å². The molecule has 1 aliphatic heterocycles. The summed E-state index contributed by atoms with van der Waals surface area (Å²) < 4.78 is 0. The molecule has 1 aromatic rings. The summed E-state index contributed by atoms with van der Waals surface area (Å²) >= 11 is 0. The third-order valence-electron chi connectivity index (χ3n) is 4.11. The molecule has 1 saturated heterocycles. The molecule has 1 aliphatic rings. The smallest absolute Gasteiger partial charge is 0.0323 e. The maximum atomic E-state index is 3.44. The highest BCUT2D eigenvalue weighted by atomic mass is 15.2. The molecule has 2 atom stereocenters. The zero-order chi connectivity index (χ0) is 12.4. The Morgan fingerprint density at radius 3 is 2.76 bits per heavy atom. The zero-order valence-corrected chi connectivity index (χ0v) is 11.5. The maximum absolute atomic E-state index is 3.44. The van der Waals surface area contributed by atoms with E-state index in [0.717, 1.165) is 13.1 Å². The Balaban J connectivity index is 2.17. The number of benzene rings is 1. The van der Waals surface area contributed by atoms with Gasteiger partial charge in [-0.05, 0) is 51.9 Å². The van der Waals surface area contributed by atoms with Crippen LogP contribution in [-0.2, 0) is 0 Å². The highest BCUT2D eigenvalue weighted by Gasteiger charge is 2.24. The lowest BCUT2D eigenvalue weighted by atomic mass is 9.98. The predicted molar refractivity (Wildman–Crippen MR) is 73.4 cm³/mol. The number of aryl methyl sites for hydroxylation is 2. The highest BCUT2D eigenvalue weighted by Crippen LogP contribution is 2.26. The first kappa shape index (κ1) is 12.6. The fraction of sp³-hybridized carbons (Fsp3) is 0.600. The first-order valence-electron chi connectivity index (χ1n) is 6.59. The molecule has 94 valence electrons. The van der Waals surface area contributed by atoms with Crippen LogP contribution in [0.15, 0.2) is 18.2 Å². The quantitative estimate of drug-likeness (QED) is 0.862. The predicted octanol–water partition coefficient (Wildman–Crippen LogP) is 2.66. The molecule has 1 heterocycles. The van der Waals surface area contributed by atoms with Crippen LogP contribution in [0.1, 0.15) is 36.1 Å². The van der Waals surface area contributed by atoms with Crippen molar-refractivity contribution in [1.29, 1.82) is 0 Å². The average molecular weight is 232 g/mol. The Kier molecular flexibility index (Phi) is 3.85. The van der Waals surface area contributed by atoms with Gasteiger partial charge in [-0.2, -0.15) is 0 Å². The molecule has 1 aromatic carbocycles. The molecule has 0 saturated carbocycles. The van der Waals surface area contributed by atoms with Crippen molar-refractivity contribution in [1.82, 2.24) is 10.2 Å². The van der Waals surface area contributed by atoms with Crippen molar-refractivity contribution < 1.29 is 0 Å². The van der Waals surface area contributed by atoms with Crippen molar-refractivity contribution in [3.63, 3.8) is 0 Å². The van der Waals surface area contributed by atoms with E-state index in [4.69, 9.17) is 0 Å². The van der Waals surface area contributed by atoms with E-state index in [1.165, 1.54) is 23.1 Å². The summed E-state index contributed by atoms with van der Waals surface area (Å²) in [4.78, 5) is 2.52. The second kappa shape index (κ2) is 5.19. The molecule has 0 spiro atoms. The van der Waals surface area contributed by atoms with Crippen LogP contribution in [0.3, 0.4) is 0 Å². The van der Waals surface area contributed by atoms with Crippen LogP contribution in [0.5, 0.6) is 0 Å². The van der Waals surface area contributed by atoms with Gasteiger partial charge >= 0.3 is 0 Å². The van der Waals surface area contributed by atoms with E-state index in [9.17, 15) is 0 Å². The van der Waals surface area contributed by atoms with Crippen LogP contribution < -0.4 is 5.32 Å². The summed E-state index contributed by atoms with van der Waals surface area (Å²) in [7, 11) is 2.25. The number of hydrogen-bond donors (Lipinski definition) is 1. The van der Waals surface area contributed by atoms with E-state index < -0.39 is 0 Å². The zero-order valence-electron chi connectivity index (χ0n) is 11.5. The Morgan fingerprint density at radius 1 is 1.35 bits per heavy atom.